The first-order valence-electron chi connectivity index (χ1n) is 3.75. The Morgan fingerprint density at radius 1 is 1.33 bits per heavy atom. The predicted molar refractivity (Wildman–Crippen MR) is 42.5 cm³/mol. The van der Waals surface area contributed by atoms with Crippen molar-refractivity contribution in [2.24, 2.45) is 0 Å². The van der Waals surface area contributed by atoms with Gasteiger partial charge >= 0.3 is 6.41 Å². The van der Waals surface area contributed by atoms with Crippen LogP contribution in [0.1, 0.15) is 11.1 Å². The van der Waals surface area contributed by atoms with Crippen molar-refractivity contribution in [3.8, 4) is 0 Å². The Morgan fingerprint density at radius 2 is 2.08 bits per heavy atom. The third-order valence-corrected chi connectivity index (χ3v) is 1.91. The zero-order chi connectivity index (χ0) is 8.39. The van der Waals surface area contributed by atoms with Crippen LogP contribution in [0, 0.1) is 0 Å². The molecule has 1 aliphatic rings. The van der Waals surface area contributed by atoms with Gasteiger partial charge in [0.15, 0.2) is 0 Å². The number of carbonyl (C=O) groups excluding carboxylic acids is 1. The Kier molecular flexibility index (Phi) is 1.80. The largest absolute Gasteiger partial charge is 0.338 e. The first kappa shape index (κ1) is 7.31. The fraction of sp³-hybridized carbons (Fsp3) is 0.222. The van der Waals surface area contributed by atoms with E-state index < -0.39 is 0 Å². The molecule has 0 N–H and O–H groups in total. The highest BCUT2D eigenvalue weighted by atomic mass is 16.7. The smallest absolute Gasteiger partial charge is 0.265 e. The third kappa shape index (κ3) is 1.19. The van der Waals surface area contributed by atoms with Crippen LogP contribution in [0.15, 0.2) is 24.3 Å². The normalized spacial score (nSPS) is 15.5. The summed E-state index contributed by atoms with van der Waals surface area (Å²) in [5, 5.41) is 1.18. The van der Waals surface area contributed by atoms with Crippen molar-refractivity contribution < 1.29 is 9.63 Å². The van der Waals surface area contributed by atoms with Crippen molar-refractivity contribution >= 4 is 6.41 Å². The zero-order valence-electron chi connectivity index (χ0n) is 6.49. The van der Waals surface area contributed by atoms with E-state index in [4.69, 9.17) is 4.84 Å². The van der Waals surface area contributed by atoms with E-state index in [0.29, 0.717) is 13.2 Å². The molecule has 1 aromatic carbocycles. The van der Waals surface area contributed by atoms with Crippen molar-refractivity contribution in [1.29, 1.82) is 0 Å². The van der Waals surface area contributed by atoms with Crippen LogP contribution in [-0.2, 0) is 22.8 Å². The van der Waals surface area contributed by atoms with Gasteiger partial charge in [-0.05, 0) is 11.1 Å². The molecule has 0 saturated carbocycles. The van der Waals surface area contributed by atoms with Crippen molar-refractivity contribution in [3.63, 3.8) is 0 Å². The number of rotatable bonds is 1. The zero-order valence-corrected chi connectivity index (χ0v) is 6.49. The van der Waals surface area contributed by atoms with E-state index in [9.17, 15) is 4.79 Å². The molecule has 3 nitrogen and oxygen atoms in total. The molecule has 1 heterocycles. The van der Waals surface area contributed by atoms with Crippen LogP contribution in [0.4, 0.5) is 0 Å². The van der Waals surface area contributed by atoms with Gasteiger partial charge in [0.1, 0.15) is 6.61 Å². The summed E-state index contributed by atoms with van der Waals surface area (Å²) in [6.07, 6.45) is 1.71. The lowest BCUT2D eigenvalue weighted by molar-refractivity contribution is -0.129. The van der Waals surface area contributed by atoms with Crippen LogP contribution >= 0.6 is 0 Å². The number of benzene rings is 1. The maximum Gasteiger partial charge on any atom is 0.338 e. The summed E-state index contributed by atoms with van der Waals surface area (Å²) >= 11 is 0. The first-order chi connectivity index (χ1) is 5.90. The Bertz CT molecular complexity index is 298. The molecular weight excluding hydrogens is 154 g/mol. The summed E-state index contributed by atoms with van der Waals surface area (Å²) in [7, 11) is 0. The molecule has 1 aromatic rings. The molecule has 0 aliphatic carbocycles. The Balaban J connectivity index is 2.28. The lowest BCUT2D eigenvalue weighted by Gasteiger charge is -2.23. The van der Waals surface area contributed by atoms with Crippen molar-refractivity contribution in [1.82, 2.24) is 5.06 Å². The second kappa shape index (κ2) is 2.95. The van der Waals surface area contributed by atoms with Gasteiger partial charge in [0.05, 0.1) is 6.54 Å². The molecule has 1 radical (unpaired) electrons. The van der Waals surface area contributed by atoms with E-state index in [1.165, 1.54) is 5.06 Å². The molecule has 61 valence electrons. The topological polar surface area (TPSA) is 29.5 Å². The van der Waals surface area contributed by atoms with Gasteiger partial charge in [0.2, 0.25) is 0 Å². The summed E-state index contributed by atoms with van der Waals surface area (Å²) < 4.78 is 0. The maximum atomic E-state index is 10.2. The summed E-state index contributed by atoms with van der Waals surface area (Å²) in [5.41, 5.74) is 2.27. The average Bonchev–Trinajstić information content (AvgIpc) is 2.17. The molecule has 0 fully saturated rings. The number of amides is 1. The van der Waals surface area contributed by atoms with Gasteiger partial charge in [0.25, 0.3) is 0 Å². The Morgan fingerprint density at radius 3 is 2.83 bits per heavy atom. The van der Waals surface area contributed by atoms with Crippen LogP contribution in [0.5, 0.6) is 0 Å². The minimum Gasteiger partial charge on any atom is -0.265 e. The van der Waals surface area contributed by atoms with E-state index >= 15 is 0 Å². The van der Waals surface area contributed by atoms with E-state index in [1.54, 1.807) is 6.41 Å². The van der Waals surface area contributed by atoms with Crippen molar-refractivity contribution in [2.75, 3.05) is 0 Å². The fourth-order valence-corrected chi connectivity index (χ4v) is 1.26. The molecule has 0 aromatic heterocycles. The second-order valence-electron chi connectivity index (χ2n) is 2.67. The van der Waals surface area contributed by atoms with E-state index in [-0.39, 0.29) is 0 Å². The van der Waals surface area contributed by atoms with E-state index in [1.807, 2.05) is 24.3 Å². The van der Waals surface area contributed by atoms with Crippen molar-refractivity contribution in [2.45, 2.75) is 13.2 Å². The third-order valence-electron chi connectivity index (χ3n) is 1.91. The molecule has 3 heteroatoms. The maximum absolute atomic E-state index is 10.2. The predicted octanol–water partition coefficient (Wildman–Crippen LogP) is 1.00. The summed E-state index contributed by atoms with van der Waals surface area (Å²) in [6, 6.07) is 7.90. The number of hydroxylamine groups is 2. The molecule has 0 atom stereocenters. The molecule has 2 rings (SSSR count). The van der Waals surface area contributed by atoms with Crippen LogP contribution in [0.2, 0.25) is 0 Å². The highest BCUT2D eigenvalue weighted by molar-refractivity contribution is 5.47. The lowest BCUT2D eigenvalue weighted by Crippen LogP contribution is -2.26. The minimum atomic E-state index is 0.464. The van der Waals surface area contributed by atoms with Crippen LogP contribution in [0.25, 0.3) is 0 Å². The van der Waals surface area contributed by atoms with Gasteiger partial charge in [-0.25, -0.2) is 5.06 Å². The molecule has 0 saturated heterocycles. The summed E-state index contributed by atoms with van der Waals surface area (Å²) in [6.45, 7) is 0.963. The number of hydrogen-bond donors (Lipinski definition) is 0. The van der Waals surface area contributed by atoms with Crippen LogP contribution in [-0.4, -0.2) is 11.5 Å². The second-order valence-corrected chi connectivity index (χ2v) is 2.67. The minimum absolute atomic E-state index is 0.464. The molecule has 12 heavy (non-hydrogen) atoms. The van der Waals surface area contributed by atoms with Crippen LogP contribution < -0.4 is 0 Å². The number of hydrogen-bond acceptors (Lipinski definition) is 2. The summed E-state index contributed by atoms with van der Waals surface area (Å²) in [5.74, 6) is 0. The number of nitrogens with zero attached hydrogens (tertiary/aromatic N) is 1. The SMILES string of the molecule is O=[C]N1Cc2ccccc2CO1. The standard InChI is InChI=1S/C9H8NO2/c11-7-10-5-8-3-1-2-4-9(8)6-12-10/h1-4H,5-6H2. The van der Waals surface area contributed by atoms with Gasteiger partial charge in [-0.2, -0.15) is 0 Å². The van der Waals surface area contributed by atoms with Gasteiger partial charge < -0.3 is 0 Å². The summed E-state index contributed by atoms with van der Waals surface area (Å²) in [4.78, 5) is 15.3. The van der Waals surface area contributed by atoms with Crippen molar-refractivity contribution in [3.05, 3.63) is 35.4 Å². The van der Waals surface area contributed by atoms with E-state index in [2.05, 4.69) is 0 Å². The highest BCUT2D eigenvalue weighted by Crippen LogP contribution is 2.17. The quantitative estimate of drug-likeness (QED) is 0.616. The molecule has 0 unspecified atom stereocenters. The van der Waals surface area contributed by atoms with Gasteiger partial charge in [-0.1, -0.05) is 24.3 Å². The fourth-order valence-electron chi connectivity index (χ4n) is 1.26. The monoisotopic (exact) mass is 162 g/mol. The molecule has 1 amide bonds. The molecule has 0 spiro atoms. The molecular formula is C9H8NO2. The average molecular weight is 162 g/mol. The molecule has 1 aliphatic heterocycles. The highest BCUT2D eigenvalue weighted by Gasteiger charge is 2.14. The van der Waals surface area contributed by atoms with E-state index in [0.717, 1.165) is 11.1 Å². The van der Waals surface area contributed by atoms with Gasteiger partial charge in [0, 0.05) is 0 Å². The van der Waals surface area contributed by atoms with Gasteiger partial charge in [-0.3, -0.25) is 9.63 Å². The Labute approximate surface area is 70.5 Å². The van der Waals surface area contributed by atoms with Gasteiger partial charge in [-0.15, -0.1) is 0 Å². The molecule has 0 bridgehead atoms. The van der Waals surface area contributed by atoms with Crippen LogP contribution in [0.3, 0.4) is 0 Å². The Hall–Kier alpha value is -1.35. The first-order valence-corrected chi connectivity index (χ1v) is 3.75. The lowest BCUT2D eigenvalue weighted by atomic mass is 10.1. The number of fused-ring (bicyclic) bond motifs is 1.